The summed E-state index contributed by atoms with van der Waals surface area (Å²) in [6.45, 7) is 0.109. The molecule has 4 aromatic carbocycles. The highest BCUT2D eigenvalue weighted by Gasteiger charge is 2.74. The molecule has 0 bridgehead atoms. The van der Waals surface area contributed by atoms with Crippen LogP contribution in [-0.2, 0) is 31.0 Å². The number of aliphatic hydroxyl groups is 1. The Morgan fingerprint density at radius 3 is 2.30 bits per heavy atom. The Morgan fingerprint density at radius 1 is 0.870 bits per heavy atom. The van der Waals surface area contributed by atoms with Crippen molar-refractivity contribution in [2.45, 2.75) is 42.5 Å². The maximum atomic E-state index is 15.1. The van der Waals surface area contributed by atoms with Crippen LogP contribution in [0.5, 0.6) is 5.75 Å². The van der Waals surface area contributed by atoms with Gasteiger partial charge in [-0.1, -0.05) is 90.7 Å². The summed E-state index contributed by atoms with van der Waals surface area (Å²) in [4.78, 5) is 51.4. The number of morpholine rings is 1. The van der Waals surface area contributed by atoms with Gasteiger partial charge >= 0.3 is 5.97 Å². The van der Waals surface area contributed by atoms with E-state index >= 15 is 9.59 Å². The minimum atomic E-state index is -1.67. The third-order valence-corrected chi connectivity index (χ3v) is 10.7. The van der Waals surface area contributed by atoms with Crippen LogP contribution in [0.3, 0.4) is 0 Å². The average molecular weight is 719 g/mol. The smallest absolute Gasteiger partial charge is 0.324 e. The number of aliphatic hydroxyl groups excluding tert-OH is 1. The van der Waals surface area contributed by atoms with Crippen molar-refractivity contribution in [2.24, 2.45) is 5.92 Å². The number of benzene rings is 4. The molecule has 10 nitrogen and oxygen atoms in total. The number of fused-ring (bicyclic) bond motifs is 3. The number of phenols is 1. The van der Waals surface area contributed by atoms with Gasteiger partial charge in [-0.05, 0) is 64.7 Å². The van der Waals surface area contributed by atoms with E-state index in [1.165, 1.54) is 0 Å². The van der Waals surface area contributed by atoms with Gasteiger partial charge in [-0.3, -0.25) is 24.3 Å². The van der Waals surface area contributed by atoms with Crippen LogP contribution in [0.15, 0.2) is 128 Å². The van der Waals surface area contributed by atoms with Crippen molar-refractivity contribution in [3.05, 3.63) is 161 Å². The molecule has 1 aromatic heterocycles. The number of carbonyl (C=O) groups excluding carboxylic acids is 3. The summed E-state index contributed by atoms with van der Waals surface area (Å²) in [5, 5.41) is 26.0. The molecule has 0 aliphatic carbocycles. The number of hydrogen-bond donors (Lipinski definition) is 4. The van der Waals surface area contributed by atoms with Gasteiger partial charge in [0.15, 0.2) is 0 Å². The van der Waals surface area contributed by atoms with Crippen LogP contribution in [0.1, 0.15) is 58.1 Å². The largest absolute Gasteiger partial charge is 0.508 e. The van der Waals surface area contributed by atoms with Crippen LogP contribution < -0.4 is 10.6 Å². The second-order valence-corrected chi connectivity index (χ2v) is 13.7. The first kappa shape index (κ1) is 34.8. The molecular formula is C44H38N4O6. The van der Waals surface area contributed by atoms with Gasteiger partial charge < -0.3 is 25.6 Å². The fraction of sp³-hybridized carbons (Fsp3) is 0.227. The van der Waals surface area contributed by atoms with Gasteiger partial charge in [0.05, 0.1) is 24.6 Å². The molecular weight excluding hydrogens is 681 g/mol. The minimum Gasteiger partial charge on any atom is -0.508 e. The molecule has 2 amide bonds. The van der Waals surface area contributed by atoms with Crippen LogP contribution >= 0.6 is 0 Å². The quantitative estimate of drug-likeness (QED) is 0.128. The number of anilines is 1. The molecule has 5 aromatic rings. The van der Waals surface area contributed by atoms with Crippen molar-refractivity contribution in [1.29, 1.82) is 0 Å². The standard InChI is InChI=1S/C44H38N4O6/c49-26-10-8-11-28-17-22-35-34(27-28)44(43(53)47-35)36(41(51)46-25-23-32-16-7-9-24-45-32)38-42(52)54-39(30-14-5-2-6-15-30)37(29-12-3-1-4-13-29)48(38)40(44)31-18-20-33(50)21-19-31/h1-7,9,12-22,24,27,36-40,49-50H,10,23,25-26H2,(H,46,51)(H,47,53)/t36-,37-,38-,39+,40+,44-/m0/s1. The van der Waals surface area contributed by atoms with Crippen LogP contribution in [0.2, 0.25) is 0 Å². The summed E-state index contributed by atoms with van der Waals surface area (Å²) in [5.41, 5.74) is 2.96. The Balaban J connectivity index is 1.38. The molecule has 0 unspecified atom stereocenters. The van der Waals surface area contributed by atoms with Gasteiger partial charge in [-0.2, -0.15) is 0 Å². The zero-order valence-electron chi connectivity index (χ0n) is 29.3. The number of pyridine rings is 1. The summed E-state index contributed by atoms with van der Waals surface area (Å²) in [6, 6.07) is 34.0. The van der Waals surface area contributed by atoms with Gasteiger partial charge in [-0.25, -0.2) is 0 Å². The van der Waals surface area contributed by atoms with E-state index in [1.54, 1.807) is 42.6 Å². The fourth-order valence-corrected chi connectivity index (χ4v) is 8.52. The lowest BCUT2D eigenvalue weighted by atomic mass is 9.65. The Kier molecular flexibility index (Phi) is 9.42. The van der Waals surface area contributed by atoms with Gasteiger partial charge in [0.1, 0.15) is 23.3 Å². The first-order chi connectivity index (χ1) is 26.4. The molecule has 10 heteroatoms. The third-order valence-electron chi connectivity index (χ3n) is 10.7. The summed E-state index contributed by atoms with van der Waals surface area (Å²) in [6.07, 6.45) is 1.59. The second kappa shape index (κ2) is 14.6. The predicted molar refractivity (Wildman–Crippen MR) is 201 cm³/mol. The van der Waals surface area contributed by atoms with Crippen molar-refractivity contribution in [2.75, 3.05) is 18.5 Å². The van der Waals surface area contributed by atoms with Crippen molar-refractivity contribution in [3.8, 4) is 17.6 Å². The molecule has 2 saturated heterocycles. The van der Waals surface area contributed by atoms with Crippen molar-refractivity contribution >= 4 is 23.5 Å². The topological polar surface area (TPSA) is 141 Å². The Bertz CT molecular complexity index is 2240. The number of nitrogens with one attached hydrogen (secondary N) is 2. The van der Waals surface area contributed by atoms with E-state index in [-0.39, 0.29) is 25.3 Å². The van der Waals surface area contributed by atoms with Crippen LogP contribution in [0.25, 0.3) is 0 Å². The molecule has 4 N–H and O–H groups in total. The van der Waals surface area contributed by atoms with E-state index in [0.717, 1.165) is 16.8 Å². The highest BCUT2D eigenvalue weighted by Crippen LogP contribution is 2.64. The molecule has 1 spiro atoms. The fourth-order valence-electron chi connectivity index (χ4n) is 8.52. The molecule has 2 fully saturated rings. The van der Waals surface area contributed by atoms with Crippen LogP contribution in [0, 0.1) is 17.8 Å². The number of hydrogen-bond acceptors (Lipinski definition) is 8. The lowest BCUT2D eigenvalue weighted by Crippen LogP contribution is -2.55. The lowest BCUT2D eigenvalue weighted by molar-refractivity contribution is -0.178. The number of phenolic OH excluding ortho intramolecular Hbond substituents is 1. The molecule has 0 saturated carbocycles. The van der Waals surface area contributed by atoms with Crippen molar-refractivity contribution in [1.82, 2.24) is 15.2 Å². The minimum absolute atomic E-state index is 0.0312. The highest BCUT2D eigenvalue weighted by atomic mass is 16.6. The van der Waals surface area contributed by atoms with E-state index in [1.807, 2.05) is 89.8 Å². The molecule has 270 valence electrons. The molecule has 3 aliphatic heterocycles. The normalized spacial score (nSPS) is 24.1. The molecule has 3 aliphatic rings. The van der Waals surface area contributed by atoms with Gasteiger partial charge in [0.2, 0.25) is 11.8 Å². The molecule has 8 rings (SSSR count). The van der Waals surface area contributed by atoms with E-state index in [9.17, 15) is 15.0 Å². The SMILES string of the molecule is O=C1O[C@H](c2ccccc2)[C@H](c2ccccc2)N2[C@H]1[C@@H](C(=O)NCCc1ccccn1)[C@]1(C(=O)Nc3ccc(C#CCCO)cc31)[C@H]2c1ccc(O)cc1. The molecule has 4 heterocycles. The Hall–Kier alpha value is -6.28. The first-order valence-electron chi connectivity index (χ1n) is 18.0. The number of aromatic nitrogens is 1. The van der Waals surface area contributed by atoms with Crippen LogP contribution in [-0.4, -0.2) is 57.1 Å². The second-order valence-electron chi connectivity index (χ2n) is 13.7. The number of aromatic hydroxyl groups is 1. The molecule has 54 heavy (non-hydrogen) atoms. The van der Waals surface area contributed by atoms with Crippen LogP contribution in [0.4, 0.5) is 5.69 Å². The summed E-state index contributed by atoms with van der Waals surface area (Å²) in [7, 11) is 0. The summed E-state index contributed by atoms with van der Waals surface area (Å²) in [5.74, 6) is 3.28. The van der Waals surface area contributed by atoms with Crippen molar-refractivity contribution in [3.63, 3.8) is 0 Å². The van der Waals surface area contributed by atoms with Gasteiger partial charge in [0.25, 0.3) is 0 Å². The number of amides is 2. The lowest BCUT2D eigenvalue weighted by Gasteiger charge is -2.46. The average Bonchev–Trinajstić information content (AvgIpc) is 3.68. The van der Waals surface area contributed by atoms with E-state index < -0.39 is 53.3 Å². The Labute approximate surface area is 312 Å². The van der Waals surface area contributed by atoms with Gasteiger partial charge in [0, 0.05) is 42.5 Å². The van der Waals surface area contributed by atoms with Crippen molar-refractivity contribution < 1.29 is 29.3 Å². The maximum Gasteiger partial charge on any atom is 0.324 e. The monoisotopic (exact) mass is 718 g/mol. The van der Waals surface area contributed by atoms with E-state index in [2.05, 4.69) is 27.5 Å². The zero-order chi connectivity index (χ0) is 37.2. The Morgan fingerprint density at radius 2 is 1.59 bits per heavy atom. The van der Waals surface area contributed by atoms with E-state index in [0.29, 0.717) is 28.8 Å². The van der Waals surface area contributed by atoms with Gasteiger partial charge in [-0.15, -0.1) is 0 Å². The number of cyclic esters (lactones) is 1. The predicted octanol–water partition coefficient (Wildman–Crippen LogP) is 5.15. The molecule has 0 radical (unpaired) electrons. The number of nitrogens with zero attached hydrogens (tertiary/aromatic N) is 2. The summed E-state index contributed by atoms with van der Waals surface area (Å²) >= 11 is 0. The number of ether oxygens (including phenoxy) is 1. The zero-order valence-corrected chi connectivity index (χ0v) is 29.3. The summed E-state index contributed by atoms with van der Waals surface area (Å²) < 4.78 is 6.44. The maximum absolute atomic E-state index is 15.1. The number of carbonyl (C=O) groups is 3. The number of rotatable bonds is 8. The molecule has 6 atom stereocenters. The third kappa shape index (κ3) is 5.97. The van der Waals surface area contributed by atoms with E-state index in [4.69, 9.17) is 4.74 Å². The highest BCUT2D eigenvalue weighted by molar-refractivity contribution is 6.12. The first-order valence-corrected chi connectivity index (χ1v) is 18.0. The number of esters is 1.